The fraction of sp³-hybridized carbons (Fsp3) is 0.500. The van der Waals surface area contributed by atoms with Gasteiger partial charge in [0.15, 0.2) is 0 Å². The van der Waals surface area contributed by atoms with Gasteiger partial charge in [-0.2, -0.15) is 13.2 Å². The molecule has 5 nitrogen and oxygen atoms in total. The lowest BCUT2D eigenvalue weighted by Gasteiger charge is -2.24. The summed E-state index contributed by atoms with van der Waals surface area (Å²) in [5, 5.41) is 7.12. The molecule has 1 aromatic carbocycles. The highest BCUT2D eigenvalue weighted by atomic mass is 19.4. The maximum Gasteiger partial charge on any atom is 0.490 e. The van der Waals surface area contributed by atoms with Crippen molar-refractivity contribution in [1.29, 1.82) is 0 Å². The maximum atomic E-state index is 13.1. The summed E-state index contributed by atoms with van der Waals surface area (Å²) in [7, 11) is 0. The third kappa shape index (κ3) is 6.33. The molecule has 1 amide bonds. The molecule has 1 aliphatic rings. The first-order chi connectivity index (χ1) is 11.5. The van der Waals surface area contributed by atoms with Gasteiger partial charge in [0.25, 0.3) is 0 Å². The van der Waals surface area contributed by atoms with Crippen molar-refractivity contribution in [3.63, 3.8) is 0 Å². The molecule has 1 aromatic rings. The largest absolute Gasteiger partial charge is 0.490 e. The van der Waals surface area contributed by atoms with Gasteiger partial charge in [-0.25, -0.2) is 9.18 Å². The highest BCUT2D eigenvalue weighted by molar-refractivity contribution is 5.83. The molecule has 0 saturated carbocycles. The van der Waals surface area contributed by atoms with E-state index in [-0.39, 0.29) is 18.4 Å². The molecule has 0 radical (unpaired) electrons. The van der Waals surface area contributed by atoms with Crippen LogP contribution in [0.5, 0.6) is 0 Å². The molecule has 9 heteroatoms. The minimum absolute atomic E-state index is 0.0580. The molecule has 140 valence electrons. The number of likely N-dealkylation sites (tertiary alicyclic amines) is 1. The minimum atomic E-state index is -5.08. The van der Waals surface area contributed by atoms with Gasteiger partial charge < -0.3 is 15.7 Å². The van der Waals surface area contributed by atoms with Crippen molar-refractivity contribution >= 4 is 11.9 Å². The molecule has 3 atom stereocenters. The van der Waals surface area contributed by atoms with Crippen LogP contribution in [0.1, 0.15) is 24.8 Å². The monoisotopic (exact) mass is 364 g/mol. The van der Waals surface area contributed by atoms with Crippen LogP contribution in [0.25, 0.3) is 0 Å². The van der Waals surface area contributed by atoms with Gasteiger partial charge >= 0.3 is 12.1 Å². The fourth-order valence-electron chi connectivity index (χ4n) is 2.31. The number of halogens is 4. The summed E-state index contributed by atoms with van der Waals surface area (Å²) in [5.41, 5.74) is 7.04. The lowest BCUT2D eigenvalue weighted by atomic mass is 9.93. The SMILES string of the molecule is C[C@@H](c1ccccc1)[C@H](N)C(=O)N1CC[C@H](F)C1.O=C(O)C(F)(F)F. The van der Waals surface area contributed by atoms with Crippen molar-refractivity contribution < 1.29 is 32.3 Å². The number of benzene rings is 1. The first-order valence-electron chi connectivity index (χ1n) is 7.57. The molecule has 0 bridgehead atoms. The minimum Gasteiger partial charge on any atom is -0.475 e. The van der Waals surface area contributed by atoms with Crippen LogP contribution in [0, 0.1) is 0 Å². The quantitative estimate of drug-likeness (QED) is 0.807. The van der Waals surface area contributed by atoms with Crippen molar-refractivity contribution in [3.8, 4) is 0 Å². The molecule has 3 N–H and O–H groups in total. The van der Waals surface area contributed by atoms with E-state index in [0.717, 1.165) is 5.56 Å². The molecule has 1 saturated heterocycles. The summed E-state index contributed by atoms with van der Waals surface area (Å²) in [6, 6.07) is 9.10. The van der Waals surface area contributed by atoms with Gasteiger partial charge in [-0.15, -0.1) is 0 Å². The van der Waals surface area contributed by atoms with Gasteiger partial charge in [-0.3, -0.25) is 4.79 Å². The summed E-state index contributed by atoms with van der Waals surface area (Å²) < 4.78 is 44.8. The van der Waals surface area contributed by atoms with E-state index in [1.54, 1.807) is 0 Å². The van der Waals surface area contributed by atoms with Crippen molar-refractivity contribution in [1.82, 2.24) is 4.90 Å². The second-order valence-electron chi connectivity index (χ2n) is 5.70. The topological polar surface area (TPSA) is 83.6 Å². The standard InChI is InChI=1S/C14H19FN2O.C2HF3O2/c1-10(11-5-3-2-4-6-11)13(16)14(18)17-8-7-12(15)9-17;3-2(4,5)1(6)7/h2-6,10,12-13H,7-9,16H2,1H3;(H,6,7)/t10-,12-,13-;/m0./s1. The number of carboxylic acids is 1. The number of rotatable bonds is 3. The molecular formula is C16H20F4N2O3. The molecule has 1 fully saturated rings. The Morgan fingerprint density at radius 1 is 1.28 bits per heavy atom. The Hall–Kier alpha value is -2.16. The van der Waals surface area contributed by atoms with Crippen LogP contribution in [0.15, 0.2) is 30.3 Å². The summed E-state index contributed by atoms with van der Waals surface area (Å²) in [6.45, 7) is 2.60. The third-order valence-electron chi connectivity index (χ3n) is 3.83. The van der Waals surface area contributed by atoms with Crippen molar-refractivity contribution in [2.45, 2.75) is 37.7 Å². The van der Waals surface area contributed by atoms with Crippen LogP contribution in [0.2, 0.25) is 0 Å². The molecule has 0 unspecified atom stereocenters. The van der Waals surface area contributed by atoms with Gasteiger partial charge in [-0.1, -0.05) is 37.3 Å². The van der Waals surface area contributed by atoms with Crippen molar-refractivity contribution in [2.75, 3.05) is 13.1 Å². The van der Waals surface area contributed by atoms with E-state index >= 15 is 0 Å². The van der Waals surface area contributed by atoms with Crippen molar-refractivity contribution in [3.05, 3.63) is 35.9 Å². The normalized spacial score (nSPS) is 19.6. The Labute approximate surface area is 142 Å². The number of hydrogen-bond donors (Lipinski definition) is 2. The van der Waals surface area contributed by atoms with E-state index in [9.17, 15) is 22.4 Å². The zero-order valence-electron chi connectivity index (χ0n) is 13.5. The summed E-state index contributed by atoms with van der Waals surface area (Å²) in [5.74, 6) is -2.96. The van der Waals surface area contributed by atoms with Crippen LogP contribution in [0.3, 0.4) is 0 Å². The number of carboxylic acid groups (broad SMARTS) is 1. The van der Waals surface area contributed by atoms with E-state index in [0.29, 0.717) is 13.0 Å². The number of amides is 1. The zero-order chi connectivity index (χ0) is 19.2. The van der Waals surface area contributed by atoms with Crippen molar-refractivity contribution in [2.24, 2.45) is 5.73 Å². The molecule has 1 aliphatic heterocycles. The molecule has 0 spiro atoms. The highest BCUT2D eigenvalue weighted by Crippen LogP contribution is 2.21. The van der Waals surface area contributed by atoms with Gasteiger partial charge in [0.05, 0.1) is 12.6 Å². The van der Waals surface area contributed by atoms with E-state index in [2.05, 4.69) is 0 Å². The number of aliphatic carboxylic acids is 1. The van der Waals surface area contributed by atoms with Gasteiger partial charge in [0, 0.05) is 12.5 Å². The second-order valence-corrected chi connectivity index (χ2v) is 5.70. The average Bonchev–Trinajstić information content (AvgIpc) is 2.99. The molecule has 0 aliphatic carbocycles. The number of nitrogens with two attached hydrogens (primary N) is 1. The Morgan fingerprint density at radius 2 is 1.80 bits per heavy atom. The van der Waals surface area contributed by atoms with Crippen LogP contribution in [0.4, 0.5) is 17.6 Å². The predicted octanol–water partition coefficient (Wildman–Crippen LogP) is 2.32. The van der Waals surface area contributed by atoms with E-state index in [1.807, 2.05) is 37.3 Å². The molecule has 2 rings (SSSR count). The smallest absolute Gasteiger partial charge is 0.475 e. The van der Waals surface area contributed by atoms with Gasteiger partial charge in [0.2, 0.25) is 5.91 Å². The number of carbonyl (C=O) groups is 2. The first kappa shape index (κ1) is 20.9. The molecule has 25 heavy (non-hydrogen) atoms. The van der Waals surface area contributed by atoms with Crippen LogP contribution in [-0.2, 0) is 9.59 Å². The first-order valence-corrected chi connectivity index (χ1v) is 7.57. The Balaban J connectivity index is 0.000000381. The second kappa shape index (κ2) is 8.80. The van der Waals surface area contributed by atoms with Crippen LogP contribution >= 0.6 is 0 Å². The number of hydrogen-bond acceptors (Lipinski definition) is 3. The summed E-state index contributed by atoms with van der Waals surface area (Å²) in [6.07, 6.45) is -5.55. The Bertz CT molecular complexity index is 580. The molecule has 1 heterocycles. The van der Waals surface area contributed by atoms with E-state index < -0.39 is 24.4 Å². The zero-order valence-corrected chi connectivity index (χ0v) is 13.5. The number of alkyl halides is 4. The Morgan fingerprint density at radius 3 is 2.20 bits per heavy atom. The van der Waals surface area contributed by atoms with Crippen LogP contribution < -0.4 is 5.73 Å². The van der Waals surface area contributed by atoms with Gasteiger partial charge in [-0.05, 0) is 12.0 Å². The van der Waals surface area contributed by atoms with E-state index in [4.69, 9.17) is 15.6 Å². The summed E-state index contributed by atoms with van der Waals surface area (Å²) in [4.78, 5) is 22.6. The third-order valence-corrected chi connectivity index (χ3v) is 3.83. The molecule has 0 aromatic heterocycles. The van der Waals surface area contributed by atoms with Gasteiger partial charge in [0.1, 0.15) is 6.17 Å². The average molecular weight is 364 g/mol. The molecular weight excluding hydrogens is 344 g/mol. The van der Waals surface area contributed by atoms with E-state index in [1.165, 1.54) is 4.90 Å². The number of carbonyl (C=O) groups excluding carboxylic acids is 1. The summed E-state index contributed by atoms with van der Waals surface area (Å²) >= 11 is 0. The number of nitrogens with zero attached hydrogens (tertiary/aromatic N) is 1. The Kier molecular flexibility index (Phi) is 7.35. The lowest BCUT2D eigenvalue weighted by molar-refractivity contribution is -0.192. The lowest BCUT2D eigenvalue weighted by Crippen LogP contribution is -2.45. The fourth-order valence-corrected chi connectivity index (χ4v) is 2.31. The van der Waals surface area contributed by atoms with Crippen LogP contribution in [-0.4, -0.2) is 53.4 Å². The highest BCUT2D eigenvalue weighted by Gasteiger charge is 2.38. The predicted molar refractivity (Wildman–Crippen MR) is 82.6 cm³/mol. The maximum absolute atomic E-state index is 13.1.